The Morgan fingerprint density at radius 2 is 1.62 bits per heavy atom. The fourth-order valence-electron chi connectivity index (χ4n) is 1.63. The van der Waals surface area contributed by atoms with Crippen LogP contribution in [0.5, 0.6) is 0 Å². The SMILES string of the molecule is N#Cc1ccc(S(=O)(=O)Nc2ccc(C(N)=O)cc2)cc1. The van der Waals surface area contributed by atoms with E-state index in [9.17, 15) is 13.2 Å². The Morgan fingerprint density at radius 1 is 1.05 bits per heavy atom. The molecule has 21 heavy (non-hydrogen) atoms. The van der Waals surface area contributed by atoms with E-state index in [0.29, 0.717) is 11.3 Å². The zero-order valence-electron chi connectivity index (χ0n) is 10.8. The molecule has 106 valence electrons. The number of nitrogens with zero attached hydrogens (tertiary/aromatic N) is 1. The molecule has 0 bridgehead atoms. The first-order valence-corrected chi connectivity index (χ1v) is 7.33. The number of nitrogens with two attached hydrogens (primary N) is 1. The molecular weight excluding hydrogens is 290 g/mol. The van der Waals surface area contributed by atoms with E-state index in [-0.39, 0.29) is 10.5 Å². The number of nitriles is 1. The van der Waals surface area contributed by atoms with Gasteiger partial charge >= 0.3 is 0 Å². The van der Waals surface area contributed by atoms with Crippen LogP contribution in [0.25, 0.3) is 0 Å². The topological polar surface area (TPSA) is 113 Å². The van der Waals surface area contributed by atoms with E-state index in [1.165, 1.54) is 48.5 Å². The smallest absolute Gasteiger partial charge is 0.261 e. The minimum absolute atomic E-state index is 0.0421. The van der Waals surface area contributed by atoms with Crippen molar-refractivity contribution in [2.45, 2.75) is 4.90 Å². The molecule has 6 nitrogen and oxygen atoms in total. The van der Waals surface area contributed by atoms with Crippen LogP contribution in [0, 0.1) is 11.3 Å². The standard InChI is InChI=1S/C14H11N3O3S/c15-9-10-1-7-13(8-2-10)21(19,20)17-12-5-3-11(4-6-12)14(16)18/h1-8,17H,(H2,16,18). The van der Waals surface area contributed by atoms with E-state index >= 15 is 0 Å². The number of carbonyl (C=O) groups excluding carboxylic acids is 1. The fraction of sp³-hybridized carbons (Fsp3) is 0. The summed E-state index contributed by atoms with van der Waals surface area (Å²) in [5.41, 5.74) is 6.08. The molecule has 0 aliphatic heterocycles. The fourth-order valence-corrected chi connectivity index (χ4v) is 2.68. The molecule has 7 heteroatoms. The second-order valence-corrected chi connectivity index (χ2v) is 5.87. The Labute approximate surface area is 121 Å². The molecule has 0 saturated carbocycles. The van der Waals surface area contributed by atoms with E-state index in [1.54, 1.807) is 0 Å². The number of hydrogen-bond donors (Lipinski definition) is 2. The third-order valence-electron chi connectivity index (χ3n) is 2.72. The molecule has 0 aromatic heterocycles. The predicted octanol–water partition coefficient (Wildman–Crippen LogP) is 1.46. The third-order valence-corrected chi connectivity index (χ3v) is 4.11. The first kappa shape index (κ1) is 14.6. The van der Waals surface area contributed by atoms with E-state index in [2.05, 4.69) is 4.72 Å². The maximum atomic E-state index is 12.1. The second-order valence-electron chi connectivity index (χ2n) is 4.18. The normalized spacial score (nSPS) is 10.6. The minimum Gasteiger partial charge on any atom is -0.366 e. The summed E-state index contributed by atoms with van der Waals surface area (Å²) in [7, 11) is -3.75. The number of benzene rings is 2. The molecule has 0 unspecified atom stereocenters. The summed E-state index contributed by atoms with van der Waals surface area (Å²) in [5.74, 6) is -0.587. The molecule has 3 N–H and O–H groups in total. The summed E-state index contributed by atoms with van der Waals surface area (Å²) in [4.78, 5) is 11.0. The summed E-state index contributed by atoms with van der Waals surface area (Å²) in [6.45, 7) is 0. The van der Waals surface area contributed by atoms with Crippen LogP contribution in [-0.2, 0) is 10.0 Å². The highest BCUT2D eigenvalue weighted by molar-refractivity contribution is 7.92. The number of rotatable bonds is 4. The maximum Gasteiger partial charge on any atom is 0.261 e. The third kappa shape index (κ3) is 3.38. The maximum absolute atomic E-state index is 12.1. The highest BCUT2D eigenvalue weighted by Crippen LogP contribution is 2.17. The van der Waals surface area contributed by atoms with Gasteiger partial charge in [0.1, 0.15) is 0 Å². The van der Waals surface area contributed by atoms with Crippen molar-refractivity contribution >= 4 is 21.6 Å². The molecule has 0 heterocycles. The quantitative estimate of drug-likeness (QED) is 0.889. The van der Waals surface area contributed by atoms with Gasteiger partial charge in [-0.05, 0) is 48.5 Å². The zero-order chi connectivity index (χ0) is 15.5. The van der Waals surface area contributed by atoms with Gasteiger partial charge in [-0.3, -0.25) is 9.52 Å². The average Bonchev–Trinajstić information content (AvgIpc) is 2.47. The van der Waals surface area contributed by atoms with Crippen LogP contribution in [0.2, 0.25) is 0 Å². The molecule has 0 aliphatic carbocycles. The first-order valence-electron chi connectivity index (χ1n) is 5.85. The molecular formula is C14H11N3O3S. The molecule has 0 spiro atoms. The second kappa shape index (κ2) is 5.64. The summed E-state index contributed by atoms with van der Waals surface area (Å²) in [6, 6.07) is 13.2. The number of carbonyl (C=O) groups is 1. The van der Waals surface area contributed by atoms with Crippen LogP contribution in [0.15, 0.2) is 53.4 Å². The van der Waals surface area contributed by atoms with Gasteiger partial charge in [0.25, 0.3) is 10.0 Å². The molecule has 1 amide bonds. The Hall–Kier alpha value is -2.85. The van der Waals surface area contributed by atoms with Gasteiger partial charge in [0, 0.05) is 11.3 Å². The van der Waals surface area contributed by atoms with Crippen LogP contribution < -0.4 is 10.5 Å². The van der Waals surface area contributed by atoms with Crippen LogP contribution in [-0.4, -0.2) is 14.3 Å². The van der Waals surface area contributed by atoms with E-state index < -0.39 is 15.9 Å². The average molecular weight is 301 g/mol. The van der Waals surface area contributed by atoms with Crippen molar-refractivity contribution < 1.29 is 13.2 Å². The Balaban J connectivity index is 2.24. The highest BCUT2D eigenvalue weighted by Gasteiger charge is 2.14. The number of amides is 1. The van der Waals surface area contributed by atoms with Crippen LogP contribution >= 0.6 is 0 Å². The number of primary amides is 1. The van der Waals surface area contributed by atoms with Crippen molar-refractivity contribution in [2.24, 2.45) is 5.73 Å². The molecule has 2 aromatic rings. The molecule has 0 fully saturated rings. The van der Waals surface area contributed by atoms with E-state index in [4.69, 9.17) is 11.0 Å². The van der Waals surface area contributed by atoms with Crippen molar-refractivity contribution in [1.29, 1.82) is 5.26 Å². The zero-order valence-corrected chi connectivity index (χ0v) is 11.6. The summed E-state index contributed by atoms with van der Waals surface area (Å²) < 4.78 is 26.6. The Kier molecular flexibility index (Phi) is 3.91. The van der Waals surface area contributed by atoms with Crippen molar-refractivity contribution in [1.82, 2.24) is 0 Å². The minimum atomic E-state index is -3.75. The number of nitrogens with one attached hydrogen (secondary N) is 1. The van der Waals surface area contributed by atoms with E-state index in [0.717, 1.165) is 0 Å². The molecule has 0 atom stereocenters. The molecule has 2 aromatic carbocycles. The monoisotopic (exact) mass is 301 g/mol. The molecule has 0 radical (unpaired) electrons. The summed E-state index contributed by atoms with van der Waals surface area (Å²) in [6.07, 6.45) is 0. The van der Waals surface area contributed by atoms with Gasteiger partial charge in [-0.15, -0.1) is 0 Å². The summed E-state index contributed by atoms with van der Waals surface area (Å²) in [5, 5.41) is 8.68. The van der Waals surface area contributed by atoms with Crippen molar-refractivity contribution in [3.05, 3.63) is 59.7 Å². The van der Waals surface area contributed by atoms with Crippen molar-refractivity contribution in [3.63, 3.8) is 0 Å². The number of anilines is 1. The largest absolute Gasteiger partial charge is 0.366 e. The Bertz CT molecular complexity index is 804. The lowest BCUT2D eigenvalue weighted by Gasteiger charge is -2.08. The lowest BCUT2D eigenvalue weighted by atomic mass is 10.2. The summed E-state index contributed by atoms with van der Waals surface area (Å²) >= 11 is 0. The predicted molar refractivity (Wildman–Crippen MR) is 76.9 cm³/mol. The van der Waals surface area contributed by atoms with Gasteiger partial charge in [0.05, 0.1) is 16.5 Å². The van der Waals surface area contributed by atoms with Crippen molar-refractivity contribution in [3.8, 4) is 6.07 Å². The molecule has 2 rings (SSSR count). The number of hydrogen-bond acceptors (Lipinski definition) is 4. The van der Waals surface area contributed by atoms with Crippen LogP contribution in [0.1, 0.15) is 15.9 Å². The molecule has 0 aliphatic rings. The first-order chi connectivity index (χ1) is 9.92. The lowest BCUT2D eigenvalue weighted by molar-refractivity contribution is 0.100. The number of sulfonamides is 1. The van der Waals surface area contributed by atoms with Crippen LogP contribution in [0.4, 0.5) is 5.69 Å². The van der Waals surface area contributed by atoms with Crippen molar-refractivity contribution in [2.75, 3.05) is 4.72 Å². The molecule has 0 saturated heterocycles. The van der Waals surface area contributed by atoms with Gasteiger partial charge in [0.2, 0.25) is 5.91 Å². The lowest BCUT2D eigenvalue weighted by Crippen LogP contribution is -2.14. The van der Waals surface area contributed by atoms with Gasteiger partial charge in [-0.1, -0.05) is 0 Å². The van der Waals surface area contributed by atoms with Gasteiger partial charge in [0.15, 0.2) is 0 Å². The van der Waals surface area contributed by atoms with Gasteiger partial charge in [-0.2, -0.15) is 5.26 Å². The van der Waals surface area contributed by atoms with Gasteiger partial charge in [-0.25, -0.2) is 8.42 Å². The van der Waals surface area contributed by atoms with Gasteiger partial charge < -0.3 is 5.73 Å². The highest BCUT2D eigenvalue weighted by atomic mass is 32.2. The van der Waals surface area contributed by atoms with E-state index in [1.807, 2.05) is 6.07 Å². The van der Waals surface area contributed by atoms with Crippen LogP contribution in [0.3, 0.4) is 0 Å². The Morgan fingerprint density at radius 3 is 2.10 bits per heavy atom.